The van der Waals surface area contributed by atoms with Gasteiger partial charge in [0.2, 0.25) is 0 Å². The first-order valence-corrected chi connectivity index (χ1v) is 9.13. The van der Waals surface area contributed by atoms with Crippen molar-refractivity contribution < 1.29 is 24.1 Å². The van der Waals surface area contributed by atoms with Crippen LogP contribution >= 0.6 is 11.6 Å². The highest BCUT2D eigenvalue weighted by Gasteiger charge is 2.39. The third-order valence-electron chi connectivity index (χ3n) is 4.36. The van der Waals surface area contributed by atoms with Crippen molar-refractivity contribution in [2.24, 2.45) is 0 Å². The van der Waals surface area contributed by atoms with Gasteiger partial charge in [0.15, 0.2) is 12.5 Å². The van der Waals surface area contributed by atoms with E-state index in [4.69, 9.17) is 25.8 Å². The van der Waals surface area contributed by atoms with E-state index in [0.29, 0.717) is 16.5 Å². The van der Waals surface area contributed by atoms with E-state index < -0.39 is 11.7 Å². The van der Waals surface area contributed by atoms with Crippen LogP contribution in [0.4, 0.5) is 10.5 Å². The number of anilines is 1. The molecule has 0 aliphatic carbocycles. The Kier molecular flexibility index (Phi) is 5.51. The molecule has 0 bridgehead atoms. The summed E-state index contributed by atoms with van der Waals surface area (Å²) < 4.78 is 16.3. The van der Waals surface area contributed by atoms with Crippen LogP contribution in [0.15, 0.2) is 24.3 Å². The summed E-state index contributed by atoms with van der Waals surface area (Å²) in [4.78, 5) is 14.3. The average molecular weight is 394 g/mol. The summed E-state index contributed by atoms with van der Waals surface area (Å²) in [6.45, 7) is 5.63. The Bertz CT molecular complexity index is 862. The van der Waals surface area contributed by atoms with Crippen molar-refractivity contribution in [1.82, 2.24) is 0 Å². The fourth-order valence-corrected chi connectivity index (χ4v) is 3.72. The minimum atomic E-state index is -0.646. The van der Waals surface area contributed by atoms with Gasteiger partial charge in [-0.25, -0.2) is 4.79 Å². The van der Waals surface area contributed by atoms with Crippen LogP contribution in [0.25, 0.3) is 10.8 Å². The number of rotatable bonds is 4. The molecule has 2 aromatic carbocycles. The molecule has 0 saturated heterocycles. The van der Waals surface area contributed by atoms with E-state index in [-0.39, 0.29) is 25.9 Å². The van der Waals surface area contributed by atoms with Crippen molar-refractivity contribution in [3.8, 4) is 5.75 Å². The fourth-order valence-electron chi connectivity index (χ4n) is 3.36. The summed E-state index contributed by atoms with van der Waals surface area (Å²) in [5.74, 6) is 0.186. The standard InChI is InChI=1S/C20H24ClNO5/c1-20(2,3)27-19(24)22-9-12(10-23)15-13-7-5-6-8-14(13)18(26-11-25-4)16(21)17(15)22/h5-8,12,23H,9-11H2,1-4H3/t12-/m1/s1. The first kappa shape index (κ1) is 19.7. The van der Waals surface area contributed by atoms with Gasteiger partial charge in [0.05, 0.1) is 12.3 Å². The molecule has 0 saturated carbocycles. The number of fused-ring (bicyclic) bond motifs is 3. The van der Waals surface area contributed by atoms with Crippen LogP contribution in [-0.4, -0.2) is 43.9 Å². The monoisotopic (exact) mass is 393 g/mol. The largest absolute Gasteiger partial charge is 0.465 e. The molecule has 0 unspecified atom stereocenters. The van der Waals surface area contributed by atoms with Gasteiger partial charge in [-0.3, -0.25) is 4.90 Å². The van der Waals surface area contributed by atoms with Gasteiger partial charge in [0.25, 0.3) is 0 Å². The zero-order valence-corrected chi connectivity index (χ0v) is 16.7. The number of benzene rings is 2. The number of halogens is 1. The molecule has 7 heteroatoms. The number of amides is 1. The third-order valence-corrected chi connectivity index (χ3v) is 4.71. The second-order valence-corrected chi connectivity index (χ2v) is 7.85. The normalized spacial score (nSPS) is 16.5. The summed E-state index contributed by atoms with van der Waals surface area (Å²) in [5, 5.41) is 11.9. The van der Waals surface area contributed by atoms with Gasteiger partial charge in [-0.1, -0.05) is 35.9 Å². The Morgan fingerprint density at radius 2 is 1.96 bits per heavy atom. The second kappa shape index (κ2) is 7.54. The number of hydrogen-bond acceptors (Lipinski definition) is 5. The van der Waals surface area contributed by atoms with Gasteiger partial charge in [0, 0.05) is 25.0 Å². The summed E-state index contributed by atoms with van der Waals surface area (Å²) in [7, 11) is 1.53. The molecule has 1 aliphatic rings. The molecule has 2 aromatic rings. The van der Waals surface area contributed by atoms with Gasteiger partial charge >= 0.3 is 6.09 Å². The highest BCUT2D eigenvalue weighted by Crippen LogP contribution is 2.51. The molecule has 0 spiro atoms. The maximum absolute atomic E-state index is 12.8. The van der Waals surface area contributed by atoms with Gasteiger partial charge < -0.3 is 19.3 Å². The van der Waals surface area contributed by atoms with Crippen LogP contribution in [0.5, 0.6) is 5.75 Å². The summed E-state index contributed by atoms with van der Waals surface area (Å²) in [5.41, 5.74) is 0.705. The SMILES string of the molecule is COCOc1c(Cl)c2c(c3ccccc13)[C@@H](CO)CN2C(=O)OC(C)(C)C. The first-order chi connectivity index (χ1) is 12.8. The van der Waals surface area contributed by atoms with E-state index in [1.807, 2.05) is 24.3 Å². The van der Waals surface area contributed by atoms with Gasteiger partial charge in [-0.15, -0.1) is 0 Å². The first-order valence-electron chi connectivity index (χ1n) is 8.75. The minimum absolute atomic E-state index is 0.0262. The quantitative estimate of drug-likeness (QED) is 0.784. The summed E-state index contributed by atoms with van der Waals surface area (Å²) in [6, 6.07) is 7.63. The molecule has 1 N–H and O–H groups in total. The lowest BCUT2D eigenvalue weighted by atomic mass is 9.94. The maximum atomic E-state index is 12.8. The zero-order valence-electron chi connectivity index (χ0n) is 15.9. The number of aliphatic hydroxyl groups is 1. The number of carbonyl (C=O) groups excluding carboxylic acids is 1. The number of ether oxygens (including phenoxy) is 3. The topological polar surface area (TPSA) is 68.2 Å². The van der Waals surface area contributed by atoms with Crippen molar-refractivity contribution in [3.05, 3.63) is 34.9 Å². The summed E-state index contributed by atoms with van der Waals surface area (Å²) in [6.07, 6.45) is -0.505. The van der Waals surface area contributed by atoms with Gasteiger partial charge in [-0.05, 0) is 31.7 Å². The molecule has 0 radical (unpaired) electrons. The van der Waals surface area contributed by atoms with E-state index in [0.717, 1.165) is 16.3 Å². The lowest BCUT2D eigenvalue weighted by Crippen LogP contribution is -2.36. The smallest absolute Gasteiger partial charge is 0.414 e. The van der Waals surface area contributed by atoms with Crippen LogP contribution < -0.4 is 9.64 Å². The van der Waals surface area contributed by atoms with E-state index >= 15 is 0 Å². The highest BCUT2D eigenvalue weighted by molar-refractivity contribution is 6.37. The molecule has 3 rings (SSSR count). The molecule has 0 aromatic heterocycles. The molecule has 27 heavy (non-hydrogen) atoms. The number of methoxy groups -OCH3 is 1. The molecule has 0 fully saturated rings. The van der Waals surface area contributed by atoms with Crippen molar-refractivity contribution in [3.63, 3.8) is 0 Å². The van der Waals surface area contributed by atoms with E-state index in [1.54, 1.807) is 20.8 Å². The molecule has 1 atom stereocenters. The van der Waals surface area contributed by atoms with Crippen molar-refractivity contribution in [2.45, 2.75) is 32.3 Å². The van der Waals surface area contributed by atoms with E-state index in [9.17, 15) is 9.90 Å². The third kappa shape index (κ3) is 3.70. The van der Waals surface area contributed by atoms with E-state index in [2.05, 4.69) is 0 Å². The fraction of sp³-hybridized carbons (Fsp3) is 0.450. The Hall–Kier alpha value is -2.02. The Labute approximate surface area is 163 Å². The number of nitrogens with zero attached hydrogens (tertiary/aromatic N) is 1. The lowest BCUT2D eigenvalue weighted by molar-refractivity contribution is 0.0523. The van der Waals surface area contributed by atoms with Crippen LogP contribution in [0, 0.1) is 0 Å². The number of hydrogen-bond donors (Lipinski definition) is 1. The Morgan fingerprint density at radius 1 is 1.30 bits per heavy atom. The Morgan fingerprint density at radius 3 is 2.56 bits per heavy atom. The molecule has 1 heterocycles. The second-order valence-electron chi connectivity index (χ2n) is 7.47. The molecule has 1 aliphatic heterocycles. The minimum Gasteiger partial charge on any atom is -0.465 e. The van der Waals surface area contributed by atoms with Crippen LogP contribution in [0.3, 0.4) is 0 Å². The lowest BCUT2D eigenvalue weighted by Gasteiger charge is -2.26. The maximum Gasteiger partial charge on any atom is 0.414 e. The molecule has 6 nitrogen and oxygen atoms in total. The predicted molar refractivity (Wildman–Crippen MR) is 105 cm³/mol. The van der Waals surface area contributed by atoms with Gasteiger partial charge in [-0.2, -0.15) is 0 Å². The van der Waals surface area contributed by atoms with Crippen molar-refractivity contribution >= 4 is 34.2 Å². The van der Waals surface area contributed by atoms with Crippen molar-refractivity contribution in [1.29, 1.82) is 0 Å². The molecular weight excluding hydrogens is 370 g/mol. The van der Waals surface area contributed by atoms with E-state index in [1.165, 1.54) is 12.0 Å². The highest BCUT2D eigenvalue weighted by atomic mass is 35.5. The number of aliphatic hydroxyl groups excluding tert-OH is 1. The van der Waals surface area contributed by atoms with Crippen LogP contribution in [-0.2, 0) is 9.47 Å². The molecular formula is C20H24ClNO5. The zero-order chi connectivity index (χ0) is 19.8. The van der Waals surface area contributed by atoms with Crippen LogP contribution in [0.1, 0.15) is 32.3 Å². The molecule has 1 amide bonds. The molecule has 146 valence electrons. The summed E-state index contributed by atoms with van der Waals surface area (Å²) >= 11 is 6.69. The average Bonchev–Trinajstić information content (AvgIpc) is 3.00. The number of carbonyl (C=O) groups is 1. The Balaban J connectivity index is 2.21. The predicted octanol–water partition coefficient (Wildman–Crippen LogP) is 4.31. The van der Waals surface area contributed by atoms with Crippen LogP contribution in [0.2, 0.25) is 5.02 Å². The van der Waals surface area contributed by atoms with Crippen molar-refractivity contribution in [2.75, 3.05) is 32.0 Å². The van der Waals surface area contributed by atoms with Gasteiger partial charge in [0.1, 0.15) is 10.6 Å².